The smallest absolute Gasteiger partial charge is 0.0543 e. The zero-order valence-electron chi connectivity index (χ0n) is 11.6. The predicted octanol–water partition coefficient (Wildman–Crippen LogP) is 5.49. The van der Waals surface area contributed by atoms with Gasteiger partial charge in [0.25, 0.3) is 0 Å². The van der Waals surface area contributed by atoms with Gasteiger partial charge in [-0.3, -0.25) is 0 Å². The van der Waals surface area contributed by atoms with Crippen molar-refractivity contribution in [2.75, 3.05) is 0 Å². The molecule has 1 aliphatic carbocycles. The van der Waals surface area contributed by atoms with Crippen LogP contribution in [0.2, 0.25) is 10.0 Å². The Morgan fingerprint density at radius 2 is 1.90 bits per heavy atom. The van der Waals surface area contributed by atoms with Crippen molar-refractivity contribution in [1.82, 2.24) is 0 Å². The van der Waals surface area contributed by atoms with Gasteiger partial charge in [-0.2, -0.15) is 0 Å². The highest BCUT2D eigenvalue weighted by atomic mass is 35.5. The lowest BCUT2D eigenvalue weighted by Gasteiger charge is -2.23. The van der Waals surface area contributed by atoms with E-state index in [1.165, 1.54) is 11.1 Å². The van der Waals surface area contributed by atoms with Gasteiger partial charge in [0.15, 0.2) is 0 Å². The van der Waals surface area contributed by atoms with Gasteiger partial charge in [0, 0.05) is 21.2 Å². The first-order chi connectivity index (χ1) is 10.1. The molecule has 0 spiro atoms. The number of aryl methyl sites for hydroxylation is 1. The fraction of sp³-hybridized carbons (Fsp3) is 0.294. The van der Waals surface area contributed by atoms with Crippen LogP contribution in [0.25, 0.3) is 0 Å². The minimum absolute atomic E-state index is 0.0312. The molecule has 2 N–H and O–H groups in total. The Balaban J connectivity index is 1.87. The first-order valence-corrected chi connectivity index (χ1v) is 8.74. The van der Waals surface area contributed by atoms with E-state index in [9.17, 15) is 0 Å². The van der Waals surface area contributed by atoms with Crippen LogP contribution in [0.4, 0.5) is 0 Å². The Kier molecular flexibility index (Phi) is 4.80. The average molecular weight is 338 g/mol. The Labute approximate surface area is 139 Å². The van der Waals surface area contributed by atoms with Crippen molar-refractivity contribution in [3.8, 4) is 0 Å². The molecule has 0 fully saturated rings. The lowest BCUT2D eigenvalue weighted by molar-refractivity contribution is 0.632. The van der Waals surface area contributed by atoms with Gasteiger partial charge in [-0.1, -0.05) is 47.5 Å². The minimum atomic E-state index is 0.0312. The molecule has 4 heteroatoms. The molecule has 0 radical (unpaired) electrons. The summed E-state index contributed by atoms with van der Waals surface area (Å²) < 4.78 is 0. The van der Waals surface area contributed by atoms with Crippen LogP contribution in [-0.4, -0.2) is 5.25 Å². The van der Waals surface area contributed by atoms with Crippen LogP contribution in [-0.2, 0) is 6.42 Å². The third-order valence-electron chi connectivity index (χ3n) is 3.92. The summed E-state index contributed by atoms with van der Waals surface area (Å²) in [7, 11) is 0. The third kappa shape index (κ3) is 3.40. The number of hydrogen-bond acceptors (Lipinski definition) is 2. The van der Waals surface area contributed by atoms with Crippen molar-refractivity contribution in [2.24, 2.45) is 5.73 Å². The SMILES string of the molecule is NC1c2ccccc2CCCC1Sc1cc(Cl)ccc1Cl. The maximum Gasteiger partial charge on any atom is 0.0543 e. The molecule has 3 rings (SSSR count). The summed E-state index contributed by atoms with van der Waals surface area (Å²) in [5, 5.41) is 1.78. The van der Waals surface area contributed by atoms with Crippen LogP contribution in [0.5, 0.6) is 0 Å². The molecule has 21 heavy (non-hydrogen) atoms. The van der Waals surface area contributed by atoms with Crippen molar-refractivity contribution < 1.29 is 0 Å². The summed E-state index contributed by atoms with van der Waals surface area (Å²) in [5.74, 6) is 0. The fourth-order valence-electron chi connectivity index (χ4n) is 2.82. The Morgan fingerprint density at radius 1 is 1.10 bits per heavy atom. The van der Waals surface area contributed by atoms with Gasteiger partial charge in [0.2, 0.25) is 0 Å². The highest BCUT2D eigenvalue weighted by Gasteiger charge is 2.26. The summed E-state index contributed by atoms with van der Waals surface area (Å²) in [6.07, 6.45) is 3.34. The van der Waals surface area contributed by atoms with Crippen LogP contribution >= 0.6 is 35.0 Å². The van der Waals surface area contributed by atoms with Crippen LogP contribution in [0.3, 0.4) is 0 Å². The van der Waals surface area contributed by atoms with E-state index in [0.717, 1.165) is 29.2 Å². The molecule has 2 unspecified atom stereocenters. The van der Waals surface area contributed by atoms with E-state index in [1.54, 1.807) is 11.8 Å². The first kappa shape index (κ1) is 15.2. The maximum atomic E-state index is 6.53. The van der Waals surface area contributed by atoms with E-state index >= 15 is 0 Å². The third-order valence-corrected chi connectivity index (χ3v) is 6.02. The van der Waals surface area contributed by atoms with Gasteiger partial charge in [0.05, 0.1) is 5.02 Å². The number of thioether (sulfide) groups is 1. The molecule has 0 bridgehead atoms. The van der Waals surface area contributed by atoms with Crippen LogP contribution in [0.1, 0.15) is 30.0 Å². The molecule has 2 aromatic rings. The average Bonchev–Trinajstić information content (AvgIpc) is 2.64. The second-order valence-electron chi connectivity index (χ2n) is 5.35. The monoisotopic (exact) mass is 337 g/mol. The topological polar surface area (TPSA) is 26.0 Å². The number of rotatable bonds is 2. The standard InChI is InChI=1S/C17H17Cl2NS/c18-12-8-9-14(19)16(10-12)21-15-7-3-5-11-4-1-2-6-13(11)17(15)20/h1-2,4,6,8-10,15,17H,3,5,7,20H2. The molecule has 0 aromatic heterocycles. The van der Waals surface area contributed by atoms with Gasteiger partial charge >= 0.3 is 0 Å². The van der Waals surface area contributed by atoms with E-state index in [-0.39, 0.29) is 6.04 Å². The van der Waals surface area contributed by atoms with Gasteiger partial charge in [-0.15, -0.1) is 11.8 Å². The Hall–Kier alpha value is -0.670. The van der Waals surface area contributed by atoms with Crippen molar-refractivity contribution >= 4 is 35.0 Å². The van der Waals surface area contributed by atoms with Gasteiger partial charge < -0.3 is 5.73 Å². The molecule has 2 atom stereocenters. The van der Waals surface area contributed by atoms with Crippen LogP contribution < -0.4 is 5.73 Å². The highest BCUT2D eigenvalue weighted by molar-refractivity contribution is 8.00. The van der Waals surface area contributed by atoms with E-state index in [0.29, 0.717) is 10.3 Å². The number of fused-ring (bicyclic) bond motifs is 1. The number of benzene rings is 2. The molecular weight excluding hydrogens is 321 g/mol. The van der Waals surface area contributed by atoms with Crippen molar-refractivity contribution in [3.05, 3.63) is 63.6 Å². The second-order valence-corrected chi connectivity index (χ2v) is 7.47. The van der Waals surface area contributed by atoms with Crippen molar-refractivity contribution in [2.45, 2.75) is 35.4 Å². The summed E-state index contributed by atoms with van der Waals surface area (Å²) >= 11 is 14.1. The van der Waals surface area contributed by atoms with Crippen LogP contribution in [0.15, 0.2) is 47.4 Å². The summed E-state index contributed by atoms with van der Waals surface area (Å²) in [6, 6.07) is 14.1. The van der Waals surface area contributed by atoms with E-state index in [4.69, 9.17) is 28.9 Å². The molecule has 1 nitrogen and oxygen atoms in total. The summed E-state index contributed by atoms with van der Waals surface area (Å²) in [6.45, 7) is 0. The Bertz CT molecular complexity index is 644. The number of hydrogen-bond donors (Lipinski definition) is 1. The Morgan fingerprint density at radius 3 is 2.76 bits per heavy atom. The largest absolute Gasteiger partial charge is 0.323 e. The molecule has 0 saturated carbocycles. The molecular formula is C17H17Cl2NS. The van der Waals surface area contributed by atoms with Crippen molar-refractivity contribution in [3.63, 3.8) is 0 Å². The molecule has 0 aliphatic heterocycles. The molecule has 2 aromatic carbocycles. The van der Waals surface area contributed by atoms with Gasteiger partial charge in [-0.25, -0.2) is 0 Å². The van der Waals surface area contributed by atoms with E-state index in [2.05, 4.69) is 24.3 Å². The number of halogens is 2. The molecule has 110 valence electrons. The summed E-state index contributed by atoms with van der Waals surface area (Å²) in [4.78, 5) is 1.02. The van der Waals surface area contributed by atoms with Gasteiger partial charge in [0.1, 0.15) is 0 Å². The van der Waals surface area contributed by atoms with Crippen molar-refractivity contribution in [1.29, 1.82) is 0 Å². The lowest BCUT2D eigenvalue weighted by Crippen LogP contribution is -2.23. The second kappa shape index (κ2) is 6.62. The predicted molar refractivity (Wildman–Crippen MR) is 92.4 cm³/mol. The van der Waals surface area contributed by atoms with E-state index < -0.39 is 0 Å². The molecule has 0 amide bonds. The molecule has 1 aliphatic rings. The lowest BCUT2D eigenvalue weighted by atomic mass is 10.00. The van der Waals surface area contributed by atoms with Crippen LogP contribution in [0, 0.1) is 0 Å². The normalized spacial score (nSPS) is 21.7. The van der Waals surface area contributed by atoms with E-state index in [1.807, 2.05) is 18.2 Å². The summed E-state index contributed by atoms with van der Waals surface area (Å²) in [5.41, 5.74) is 9.18. The minimum Gasteiger partial charge on any atom is -0.323 e. The zero-order chi connectivity index (χ0) is 14.8. The zero-order valence-corrected chi connectivity index (χ0v) is 13.9. The molecule has 0 saturated heterocycles. The first-order valence-electron chi connectivity index (χ1n) is 7.10. The number of nitrogens with two attached hydrogens (primary N) is 1. The van der Waals surface area contributed by atoms with Gasteiger partial charge in [-0.05, 0) is 48.6 Å². The highest BCUT2D eigenvalue weighted by Crippen LogP contribution is 2.40. The fourth-order valence-corrected chi connectivity index (χ4v) is 4.59. The molecule has 0 heterocycles. The maximum absolute atomic E-state index is 6.53. The quantitative estimate of drug-likeness (QED) is 0.733.